The Bertz CT molecular complexity index is 1200. The number of nitrogens with one attached hydrogen (secondary N) is 1. The number of amides is 3. The topological polar surface area (TPSA) is 69.7 Å². The van der Waals surface area contributed by atoms with Crippen molar-refractivity contribution in [2.24, 2.45) is 17.8 Å². The van der Waals surface area contributed by atoms with E-state index in [1.807, 2.05) is 47.4 Å². The zero-order valence-corrected chi connectivity index (χ0v) is 24.6. The molecule has 3 aliphatic rings. The number of rotatable bonds is 6. The van der Waals surface area contributed by atoms with E-state index in [-0.39, 0.29) is 36.6 Å². The molecule has 2 aromatic rings. The molecular weight excluding hydrogens is 517 g/mol. The molecule has 1 N–H and O–H groups in total. The highest BCUT2D eigenvalue weighted by molar-refractivity contribution is 5.90. The Morgan fingerprint density at radius 3 is 2.00 bits per heavy atom. The first-order chi connectivity index (χ1) is 19.7. The van der Waals surface area contributed by atoms with Gasteiger partial charge in [-0.05, 0) is 66.5 Å². The highest BCUT2D eigenvalue weighted by Crippen LogP contribution is 2.40. The Kier molecular flexibility index (Phi) is 9.10. The van der Waals surface area contributed by atoms with Gasteiger partial charge in [0.05, 0.1) is 12.6 Å². The lowest BCUT2D eigenvalue weighted by Gasteiger charge is -2.40. The van der Waals surface area contributed by atoms with Gasteiger partial charge in [0.25, 0.3) is 0 Å². The van der Waals surface area contributed by atoms with Crippen molar-refractivity contribution >= 4 is 17.7 Å². The second-order valence-corrected chi connectivity index (χ2v) is 12.7. The first-order valence-electron chi connectivity index (χ1n) is 15.3. The number of nitrogens with zero attached hydrogens (tertiary/aromatic N) is 2. The van der Waals surface area contributed by atoms with Crippen molar-refractivity contribution in [2.75, 3.05) is 19.6 Å². The second-order valence-electron chi connectivity index (χ2n) is 12.7. The third-order valence-electron chi connectivity index (χ3n) is 9.50. The number of carbonyl (C=O) groups excluding carboxylic acids is 3. The average molecular weight is 562 g/mol. The highest BCUT2D eigenvalue weighted by Gasteiger charge is 2.44. The number of likely N-dealkylation sites (tertiary alicyclic amines) is 2. The largest absolute Gasteiger partial charge is 0.343 e. The maximum absolute atomic E-state index is 14.9. The molecule has 2 bridgehead atoms. The van der Waals surface area contributed by atoms with Gasteiger partial charge in [0, 0.05) is 32.4 Å². The Labute approximate surface area is 243 Å². The van der Waals surface area contributed by atoms with E-state index in [1.54, 1.807) is 6.92 Å². The van der Waals surface area contributed by atoms with Gasteiger partial charge in [0.15, 0.2) is 0 Å². The molecule has 3 fully saturated rings. The van der Waals surface area contributed by atoms with Crippen molar-refractivity contribution in [1.82, 2.24) is 15.1 Å². The summed E-state index contributed by atoms with van der Waals surface area (Å²) in [4.78, 5) is 43.1. The molecule has 5 rings (SSSR count). The summed E-state index contributed by atoms with van der Waals surface area (Å²) < 4.78 is 14.9. The molecule has 2 aliphatic heterocycles. The van der Waals surface area contributed by atoms with E-state index in [1.165, 1.54) is 10.5 Å². The van der Waals surface area contributed by atoms with Crippen molar-refractivity contribution in [3.05, 3.63) is 71.3 Å². The van der Waals surface area contributed by atoms with Gasteiger partial charge >= 0.3 is 0 Å². The molecule has 2 aromatic carbocycles. The predicted octanol–water partition coefficient (Wildman–Crippen LogP) is 5.63. The van der Waals surface area contributed by atoms with Gasteiger partial charge in [-0.3, -0.25) is 14.4 Å². The van der Waals surface area contributed by atoms with Gasteiger partial charge in [-0.15, -0.1) is 0 Å². The van der Waals surface area contributed by atoms with Crippen molar-refractivity contribution in [3.63, 3.8) is 0 Å². The van der Waals surface area contributed by atoms with E-state index in [4.69, 9.17) is 0 Å². The Balaban J connectivity index is 1.32. The van der Waals surface area contributed by atoms with Crippen LogP contribution in [-0.2, 0) is 14.4 Å². The number of alkyl halides is 1. The Morgan fingerprint density at radius 2 is 1.41 bits per heavy atom. The summed E-state index contributed by atoms with van der Waals surface area (Å²) in [6.07, 6.45) is 3.18. The maximum Gasteiger partial charge on any atom is 0.243 e. The zero-order valence-electron chi connectivity index (χ0n) is 24.6. The minimum atomic E-state index is -1.21. The number of halogens is 1. The van der Waals surface area contributed by atoms with Crippen LogP contribution in [0, 0.1) is 17.8 Å². The molecule has 7 heteroatoms. The standard InChI is InChI=1S/C34H44FN3O3/c1-22(2)26-9-11-28(12-10-26)32(27-7-5-4-6-8-27)36-33(40)31-20-30(35)21-38(31)34(41)29-18-24-13-15-37(23(3)39)16-14-25(17-24)19-29/h4-12,22,24-25,29-32H,13-21H2,1-3H3,(H,36,40)/t24-,25+,29?,30-,31+,32+/m1/s1. The molecule has 1 saturated carbocycles. The first kappa shape index (κ1) is 29.3. The van der Waals surface area contributed by atoms with Gasteiger partial charge in [-0.2, -0.15) is 0 Å². The van der Waals surface area contributed by atoms with Gasteiger partial charge < -0.3 is 15.1 Å². The quantitative estimate of drug-likeness (QED) is 0.497. The predicted molar refractivity (Wildman–Crippen MR) is 158 cm³/mol. The molecular formula is C34H44FN3O3. The van der Waals surface area contributed by atoms with E-state index in [0.29, 0.717) is 17.8 Å². The highest BCUT2D eigenvalue weighted by atomic mass is 19.1. The number of carbonyl (C=O) groups is 3. The molecule has 0 aromatic heterocycles. The monoisotopic (exact) mass is 561 g/mol. The summed E-state index contributed by atoms with van der Waals surface area (Å²) in [6, 6.07) is 16.8. The van der Waals surface area contributed by atoms with Crippen LogP contribution in [0.4, 0.5) is 4.39 Å². The number of benzene rings is 2. The van der Waals surface area contributed by atoms with Gasteiger partial charge in [-0.1, -0.05) is 68.4 Å². The van der Waals surface area contributed by atoms with Crippen molar-refractivity contribution in [3.8, 4) is 0 Å². The number of fused-ring (bicyclic) bond motifs is 2. The molecule has 0 radical (unpaired) electrons. The molecule has 3 amide bonds. The summed E-state index contributed by atoms with van der Waals surface area (Å²) in [5, 5.41) is 3.19. The Morgan fingerprint density at radius 1 is 0.829 bits per heavy atom. The normalized spacial score (nSPS) is 27.2. The summed E-state index contributed by atoms with van der Waals surface area (Å²) >= 11 is 0. The molecule has 6 atom stereocenters. The minimum absolute atomic E-state index is 0.0263. The van der Waals surface area contributed by atoms with E-state index in [0.717, 1.165) is 56.3 Å². The zero-order chi connectivity index (χ0) is 29.1. The minimum Gasteiger partial charge on any atom is -0.343 e. The van der Waals surface area contributed by atoms with Crippen LogP contribution in [0.25, 0.3) is 0 Å². The third-order valence-corrected chi connectivity index (χ3v) is 9.50. The summed E-state index contributed by atoms with van der Waals surface area (Å²) in [5.74, 6) is 0.673. The fourth-order valence-corrected chi connectivity index (χ4v) is 7.17. The van der Waals surface area contributed by atoms with Gasteiger partial charge in [-0.25, -0.2) is 4.39 Å². The summed E-state index contributed by atoms with van der Waals surface area (Å²) in [6.45, 7) is 7.35. The lowest BCUT2D eigenvalue weighted by atomic mass is 9.71. The molecule has 41 heavy (non-hydrogen) atoms. The summed E-state index contributed by atoms with van der Waals surface area (Å²) in [7, 11) is 0. The van der Waals surface area contributed by atoms with E-state index >= 15 is 0 Å². The second kappa shape index (κ2) is 12.7. The fourth-order valence-electron chi connectivity index (χ4n) is 7.17. The SMILES string of the molecule is CC(=O)N1CC[C@@H]2CC(C(=O)N3C[C@H](F)C[C@H]3C(=O)N[C@@H](c3ccccc3)c3ccc(C(C)C)cc3)C[C@H](CC1)C2. The van der Waals surface area contributed by atoms with Crippen LogP contribution in [0.15, 0.2) is 54.6 Å². The smallest absolute Gasteiger partial charge is 0.243 e. The lowest BCUT2D eigenvalue weighted by Crippen LogP contribution is -2.50. The van der Waals surface area contributed by atoms with Crippen LogP contribution < -0.4 is 5.32 Å². The van der Waals surface area contributed by atoms with Crippen LogP contribution in [-0.4, -0.2) is 59.4 Å². The van der Waals surface area contributed by atoms with E-state index < -0.39 is 18.3 Å². The van der Waals surface area contributed by atoms with Crippen molar-refractivity contribution < 1.29 is 18.8 Å². The summed E-state index contributed by atoms with van der Waals surface area (Å²) in [5.41, 5.74) is 3.11. The number of hydrogen-bond acceptors (Lipinski definition) is 3. The van der Waals surface area contributed by atoms with Crippen LogP contribution in [0.2, 0.25) is 0 Å². The van der Waals surface area contributed by atoms with Crippen LogP contribution >= 0.6 is 0 Å². The van der Waals surface area contributed by atoms with Gasteiger partial charge in [0.1, 0.15) is 12.2 Å². The molecule has 220 valence electrons. The molecule has 6 nitrogen and oxygen atoms in total. The van der Waals surface area contributed by atoms with Crippen LogP contribution in [0.1, 0.15) is 87.9 Å². The average Bonchev–Trinajstić information content (AvgIpc) is 3.36. The van der Waals surface area contributed by atoms with E-state index in [2.05, 4.69) is 31.3 Å². The van der Waals surface area contributed by atoms with Crippen molar-refractivity contribution in [1.29, 1.82) is 0 Å². The molecule has 1 aliphatic carbocycles. The maximum atomic E-state index is 14.9. The fraction of sp³-hybridized carbons (Fsp3) is 0.559. The van der Waals surface area contributed by atoms with Gasteiger partial charge in [0.2, 0.25) is 17.7 Å². The molecule has 2 saturated heterocycles. The Hall–Kier alpha value is -3.22. The molecule has 0 spiro atoms. The lowest BCUT2D eigenvalue weighted by molar-refractivity contribution is -0.144. The van der Waals surface area contributed by atoms with Crippen LogP contribution in [0.5, 0.6) is 0 Å². The third kappa shape index (κ3) is 6.82. The first-order valence-corrected chi connectivity index (χ1v) is 15.3. The molecule has 2 heterocycles. The number of hydrogen-bond donors (Lipinski definition) is 1. The molecule has 1 unspecified atom stereocenters. The van der Waals surface area contributed by atoms with E-state index in [9.17, 15) is 18.8 Å². The van der Waals surface area contributed by atoms with Crippen LogP contribution in [0.3, 0.4) is 0 Å². The van der Waals surface area contributed by atoms with Crippen molar-refractivity contribution in [2.45, 2.75) is 83.5 Å².